The van der Waals surface area contributed by atoms with Crippen LogP contribution in [0.25, 0.3) is 33.3 Å². The zero-order valence-electron chi connectivity index (χ0n) is 15.6. The van der Waals surface area contributed by atoms with Gasteiger partial charge in [0.25, 0.3) is 0 Å². The molecule has 0 saturated heterocycles. The average molecular weight is 378 g/mol. The molecule has 0 unspecified atom stereocenters. The number of furan rings is 1. The van der Waals surface area contributed by atoms with Gasteiger partial charge < -0.3 is 18.3 Å². The first-order valence-corrected chi connectivity index (χ1v) is 8.83. The van der Waals surface area contributed by atoms with Gasteiger partial charge in [0, 0.05) is 22.4 Å². The Morgan fingerprint density at radius 1 is 1.04 bits per heavy atom. The first-order valence-electron chi connectivity index (χ1n) is 8.83. The molecular weight excluding hydrogens is 360 g/mol. The lowest BCUT2D eigenvalue weighted by Gasteiger charge is -2.08. The Morgan fingerprint density at radius 2 is 1.86 bits per heavy atom. The van der Waals surface area contributed by atoms with Gasteiger partial charge in [-0.2, -0.15) is 0 Å². The Hall–Kier alpha value is -3.54. The number of hydrogen-bond donors (Lipinski definition) is 0. The van der Waals surface area contributed by atoms with Crippen molar-refractivity contribution in [2.75, 3.05) is 7.11 Å². The number of ether oxygens (including phenoxy) is 2. The summed E-state index contributed by atoms with van der Waals surface area (Å²) in [7, 11) is 1.57. The van der Waals surface area contributed by atoms with Crippen LogP contribution in [0.5, 0.6) is 11.5 Å². The van der Waals surface area contributed by atoms with Crippen molar-refractivity contribution in [3.8, 4) is 22.8 Å². The van der Waals surface area contributed by atoms with E-state index >= 15 is 0 Å². The van der Waals surface area contributed by atoms with Gasteiger partial charge in [0.1, 0.15) is 17.1 Å². The average Bonchev–Trinajstić information content (AvgIpc) is 3.11. The number of esters is 1. The van der Waals surface area contributed by atoms with Gasteiger partial charge in [0.05, 0.1) is 13.0 Å². The minimum atomic E-state index is -0.498. The molecule has 0 saturated carbocycles. The fraction of sp³-hybridized carbons (Fsp3) is 0.182. The lowest BCUT2D eigenvalue weighted by atomic mass is 10.1. The SMILES string of the molecule is COc1cccc2cc(-c3cc(=O)oc4ccc(OC(=O)C(C)C)cc34)oc12. The zero-order valence-corrected chi connectivity index (χ0v) is 15.6. The van der Waals surface area contributed by atoms with E-state index in [2.05, 4.69) is 0 Å². The van der Waals surface area contributed by atoms with Crippen LogP contribution in [0.2, 0.25) is 0 Å². The Morgan fingerprint density at radius 3 is 2.61 bits per heavy atom. The molecular formula is C22H18O6. The summed E-state index contributed by atoms with van der Waals surface area (Å²) in [6.07, 6.45) is 0. The molecule has 2 aromatic heterocycles. The number of carbonyl (C=O) groups is 1. The number of methoxy groups -OCH3 is 1. The van der Waals surface area contributed by atoms with E-state index in [0.717, 1.165) is 5.39 Å². The minimum Gasteiger partial charge on any atom is -0.493 e. The summed E-state index contributed by atoms with van der Waals surface area (Å²) >= 11 is 0. The van der Waals surface area contributed by atoms with Crippen molar-refractivity contribution < 1.29 is 23.1 Å². The fourth-order valence-corrected chi connectivity index (χ4v) is 2.97. The lowest BCUT2D eigenvalue weighted by Crippen LogP contribution is -2.14. The summed E-state index contributed by atoms with van der Waals surface area (Å²) in [5.74, 6) is 0.862. The van der Waals surface area contributed by atoms with Crippen LogP contribution >= 0.6 is 0 Å². The van der Waals surface area contributed by atoms with E-state index < -0.39 is 5.63 Å². The van der Waals surface area contributed by atoms with Gasteiger partial charge in [0.15, 0.2) is 11.3 Å². The van der Waals surface area contributed by atoms with Gasteiger partial charge in [-0.15, -0.1) is 0 Å². The first-order chi connectivity index (χ1) is 13.5. The normalized spacial score (nSPS) is 11.3. The van der Waals surface area contributed by atoms with E-state index in [0.29, 0.717) is 39.4 Å². The summed E-state index contributed by atoms with van der Waals surface area (Å²) in [4.78, 5) is 24.0. The van der Waals surface area contributed by atoms with Gasteiger partial charge in [-0.3, -0.25) is 4.79 Å². The molecule has 0 amide bonds. The summed E-state index contributed by atoms with van der Waals surface area (Å²) in [5, 5.41) is 1.45. The van der Waals surface area contributed by atoms with Crippen molar-refractivity contribution in [3.63, 3.8) is 0 Å². The summed E-state index contributed by atoms with van der Waals surface area (Å²) in [6.45, 7) is 3.52. The number of carbonyl (C=O) groups excluding carboxylic acids is 1. The Balaban J connectivity index is 1.90. The Labute approximate surface area is 160 Å². The molecule has 6 nitrogen and oxygen atoms in total. The van der Waals surface area contributed by atoms with Crippen LogP contribution in [-0.2, 0) is 4.79 Å². The smallest absolute Gasteiger partial charge is 0.336 e. The van der Waals surface area contributed by atoms with Crippen LogP contribution in [0.1, 0.15) is 13.8 Å². The molecule has 0 spiro atoms. The van der Waals surface area contributed by atoms with E-state index in [9.17, 15) is 9.59 Å². The van der Waals surface area contributed by atoms with E-state index in [4.69, 9.17) is 18.3 Å². The first kappa shape index (κ1) is 17.9. The lowest BCUT2D eigenvalue weighted by molar-refractivity contribution is -0.137. The topological polar surface area (TPSA) is 78.9 Å². The fourth-order valence-electron chi connectivity index (χ4n) is 2.97. The van der Waals surface area contributed by atoms with Crippen molar-refractivity contribution in [1.29, 1.82) is 0 Å². The molecule has 2 aromatic carbocycles. The maximum atomic E-state index is 12.0. The number of para-hydroxylation sites is 1. The second-order valence-corrected chi connectivity index (χ2v) is 6.70. The van der Waals surface area contributed by atoms with Crippen LogP contribution in [0.4, 0.5) is 0 Å². The maximum absolute atomic E-state index is 12.0. The Bertz CT molecular complexity index is 1250. The molecule has 142 valence electrons. The molecule has 2 heterocycles. The van der Waals surface area contributed by atoms with Gasteiger partial charge in [-0.05, 0) is 30.3 Å². The second kappa shape index (κ2) is 6.88. The van der Waals surface area contributed by atoms with Crippen LogP contribution in [0.3, 0.4) is 0 Å². The van der Waals surface area contributed by atoms with E-state index in [1.165, 1.54) is 6.07 Å². The largest absolute Gasteiger partial charge is 0.493 e. The van der Waals surface area contributed by atoms with Gasteiger partial charge in [-0.1, -0.05) is 26.0 Å². The molecule has 6 heteroatoms. The highest BCUT2D eigenvalue weighted by Crippen LogP contribution is 2.36. The molecule has 0 aliphatic rings. The van der Waals surface area contributed by atoms with Crippen molar-refractivity contribution in [2.45, 2.75) is 13.8 Å². The highest BCUT2D eigenvalue weighted by molar-refractivity contribution is 5.96. The molecule has 0 N–H and O–H groups in total. The van der Waals surface area contributed by atoms with Gasteiger partial charge in [0.2, 0.25) is 0 Å². The van der Waals surface area contributed by atoms with Crippen LogP contribution in [0.15, 0.2) is 62.2 Å². The molecule has 0 aliphatic carbocycles. The van der Waals surface area contributed by atoms with Crippen molar-refractivity contribution in [3.05, 3.63) is 59.0 Å². The molecule has 0 bridgehead atoms. The standard InChI is InChI=1S/C22H18O6/c1-12(2)22(24)26-14-7-8-17-15(10-14)16(11-20(23)27-17)19-9-13-5-4-6-18(25-3)21(13)28-19/h4-12H,1-3H3. The predicted octanol–water partition coefficient (Wildman–Crippen LogP) is 4.78. The maximum Gasteiger partial charge on any atom is 0.336 e. The third-order valence-electron chi connectivity index (χ3n) is 4.40. The summed E-state index contributed by atoms with van der Waals surface area (Å²) in [6, 6.07) is 13.6. The van der Waals surface area contributed by atoms with Crippen LogP contribution < -0.4 is 15.1 Å². The molecule has 4 aromatic rings. The quantitative estimate of drug-likeness (QED) is 0.289. The van der Waals surface area contributed by atoms with Gasteiger partial charge >= 0.3 is 11.6 Å². The predicted molar refractivity (Wildman–Crippen MR) is 105 cm³/mol. The summed E-state index contributed by atoms with van der Waals surface area (Å²) in [5.41, 5.74) is 1.01. The number of benzene rings is 2. The molecule has 0 fully saturated rings. The molecule has 0 radical (unpaired) electrons. The monoisotopic (exact) mass is 378 g/mol. The molecule has 4 rings (SSSR count). The van der Waals surface area contributed by atoms with Crippen LogP contribution in [0, 0.1) is 5.92 Å². The molecule has 0 aliphatic heterocycles. The van der Waals surface area contributed by atoms with Gasteiger partial charge in [-0.25, -0.2) is 4.79 Å². The Kier molecular flexibility index (Phi) is 4.39. The highest BCUT2D eigenvalue weighted by atomic mass is 16.5. The van der Waals surface area contributed by atoms with E-state index in [1.54, 1.807) is 45.2 Å². The van der Waals surface area contributed by atoms with E-state index in [1.807, 2.05) is 18.2 Å². The third-order valence-corrected chi connectivity index (χ3v) is 4.40. The zero-order chi connectivity index (χ0) is 19.8. The van der Waals surface area contributed by atoms with E-state index in [-0.39, 0.29) is 11.9 Å². The van der Waals surface area contributed by atoms with Crippen LogP contribution in [-0.4, -0.2) is 13.1 Å². The summed E-state index contributed by atoms with van der Waals surface area (Å²) < 4.78 is 22.0. The van der Waals surface area contributed by atoms with Crippen molar-refractivity contribution in [2.24, 2.45) is 5.92 Å². The molecule has 0 atom stereocenters. The number of fused-ring (bicyclic) bond motifs is 2. The molecule has 28 heavy (non-hydrogen) atoms. The second-order valence-electron chi connectivity index (χ2n) is 6.70. The minimum absolute atomic E-state index is 0.258. The highest BCUT2D eigenvalue weighted by Gasteiger charge is 2.16. The van der Waals surface area contributed by atoms with Crippen molar-refractivity contribution in [1.82, 2.24) is 0 Å². The third kappa shape index (κ3) is 3.13. The number of hydrogen-bond acceptors (Lipinski definition) is 6. The van der Waals surface area contributed by atoms with Crippen molar-refractivity contribution >= 4 is 27.9 Å². The number of rotatable bonds is 4.